The Labute approximate surface area is 240 Å². The quantitative estimate of drug-likeness (QED) is 0.205. The van der Waals surface area contributed by atoms with Crippen LogP contribution >= 0.6 is 0 Å². The van der Waals surface area contributed by atoms with Crippen LogP contribution in [0.1, 0.15) is 47.4 Å². The first-order valence-electron chi connectivity index (χ1n) is 14.0. The van der Waals surface area contributed by atoms with E-state index in [9.17, 15) is 13.2 Å². The summed E-state index contributed by atoms with van der Waals surface area (Å²) in [5.74, 6) is 0.0353. The average Bonchev–Trinajstić information content (AvgIpc) is 3.62. The van der Waals surface area contributed by atoms with E-state index in [2.05, 4.69) is 35.9 Å². The predicted molar refractivity (Wildman–Crippen MR) is 154 cm³/mol. The fourth-order valence-corrected chi connectivity index (χ4v) is 5.99. The molecule has 1 aliphatic rings. The van der Waals surface area contributed by atoms with Gasteiger partial charge in [-0.25, -0.2) is 14.1 Å². The molecule has 1 N–H and O–H groups in total. The highest BCUT2D eigenvalue weighted by molar-refractivity contribution is 5.97. The molecule has 6 rings (SSSR count). The van der Waals surface area contributed by atoms with Gasteiger partial charge in [0.1, 0.15) is 11.6 Å². The van der Waals surface area contributed by atoms with Gasteiger partial charge in [-0.1, -0.05) is 32.0 Å². The van der Waals surface area contributed by atoms with Crippen LogP contribution in [0.4, 0.5) is 23.4 Å². The van der Waals surface area contributed by atoms with Crippen molar-refractivity contribution >= 4 is 16.7 Å². The van der Waals surface area contributed by atoms with Gasteiger partial charge >= 0.3 is 6.18 Å². The number of para-hydroxylation sites is 1. The standard InChI is InChI=1S/C32H31F4N5O/c1-4-19-7-6-8-20(5-2)30(19)41-31(28-23-11-13-37-29(23)21(18-42-3)15-25(28)33)24-17-40(14-12-26(24)39-41)27-10-9-22(16-38-27)32(34,35)36/h6-11,13,15-16,37H,4-5,12,14,17-18H2,1-3H3. The molecular weight excluding hydrogens is 546 g/mol. The second kappa shape index (κ2) is 10.9. The molecule has 0 bridgehead atoms. The zero-order valence-electron chi connectivity index (χ0n) is 23.6. The minimum absolute atomic E-state index is 0.248. The number of fused-ring (bicyclic) bond motifs is 2. The topological polar surface area (TPSA) is 59.0 Å². The number of ether oxygens (including phenoxy) is 1. The van der Waals surface area contributed by atoms with Gasteiger partial charge in [-0.15, -0.1) is 0 Å². The first kappa shape index (κ1) is 28.0. The fourth-order valence-electron chi connectivity index (χ4n) is 5.99. The number of nitrogens with zero attached hydrogens (tertiary/aromatic N) is 4. The van der Waals surface area contributed by atoms with Crippen molar-refractivity contribution in [3.8, 4) is 16.9 Å². The highest BCUT2D eigenvalue weighted by Crippen LogP contribution is 2.41. The van der Waals surface area contributed by atoms with Gasteiger partial charge in [-0.2, -0.15) is 18.3 Å². The summed E-state index contributed by atoms with van der Waals surface area (Å²) in [6, 6.07) is 12.0. The van der Waals surface area contributed by atoms with E-state index in [1.807, 2.05) is 21.7 Å². The number of aromatic nitrogens is 4. The maximum absolute atomic E-state index is 16.3. The van der Waals surface area contributed by atoms with E-state index in [1.165, 1.54) is 12.1 Å². The van der Waals surface area contributed by atoms with E-state index in [0.717, 1.165) is 58.7 Å². The molecule has 0 saturated heterocycles. The highest BCUT2D eigenvalue weighted by Gasteiger charge is 2.33. The molecule has 5 aromatic rings. The van der Waals surface area contributed by atoms with Gasteiger partial charge < -0.3 is 14.6 Å². The van der Waals surface area contributed by atoms with Gasteiger partial charge in [-0.3, -0.25) is 0 Å². The average molecular weight is 578 g/mol. The Kier molecular flexibility index (Phi) is 7.26. The summed E-state index contributed by atoms with van der Waals surface area (Å²) in [5, 5.41) is 5.81. The lowest BCUT2D eigenvalue weighted by Crippen LogP contribution is -2.31. The summed E-state index contributed by atoms with van der Waals surface area (Å²) in [7, 11) is 1.57. The molecule has 0 spiro atoms. The van der Waals surface area contributed by atoms with Crippen LogP contribution in [-0.4, -0.2) is 33.4 Å². The van der Waals surface area contributed by atoms with Crippen molar-refractivity contribution in [3.05, 3.63) is 94.2 Å². The largest absolute Gasteiger partial charge is 0.417 e. The number of benzene rings is 2. The fraction of sp³-hybridized carbons (Fsp3) is 0.312. The van der Waals surface area contributed by atoms with Gasteiger partial charge in [0, 0.05) is 61.1 Å². The molecular formula is C32H31F4N5O. The Morgan fingerprint density at radius 2 is 1.79 bits per heavy atom. The van der Waals surface area contributed by atoms with E-state index >= 15 is 4.39 Å². The molecule has 0 radical (unpaired) electrons. The van der Waals surface area contributed by atoms with Gasteiger partial charge in [0.25, 0.3) is 0 Å². The number of alkyl halides is 3. The van der Waals surface area contributed by atoms with Gasteiger partial charge in [0.05, 0.1) is 34.8 Å². The Bertz CT molecular complexity index is 1730. The lowest BCUT2D eigenvalue weighted by molar-refractivity contribution is -0.137. The molecule has 0 amide bonds. The van der Waals surface area contributed by atoms with Crippen LogP contribution in [0.3, 0.4) is 0 Å². The Morgan fingerprint density at radius 1 is 1.02 bits per heavy atom. The normalized spacial score (nSPS) is 13.6. The summed E-state index contributed by atoms with van der Waals surface area (Å²) < 4.78 is 63.1. The van der Waals surface area contributed by atoms with E-state index in [1.54, 1.807) is 13.3 Å². The maximum atomic E-state index is 16.3. The van der Waals surface area contributed by atoms with Crippen molar-refractivity contribution in [2.24, 2.45) is 0 Å². The molecule has 0 fully saturated rings. The first-order chi connectivity index (χ1) is 20.2. The number of hydrogen-bond acceptors (Lipinski definition) is 4. The number of aryl methyl sites for hydroxylation is 2. The van der Waals surface area contributed by atoms with Crippen LogP contribution < -0.4 is 4.90 Å². The van der Waals surface area contributed by atoms with Crippen molar-refractivity contribution in [1.29, 1.82) is 0 Å². The van der Waals surface area contributed by atoms with Crippen molar-refractivity contribution in [1.82, 2.24) is 19.7 Å². The van der Waals surface area contributed by atoms with Gasteiger partial charge in [-0.05, 0) is 48.2 Å². The van der Waals surface area contributed by atoms with Crippen molar-refractivity contribution < 1.29 is 22.3 Å². The molecule has 3 aromatic heterocycles. The third kappa shape index (κ3) is 4.73. The number of aromatic amines is 1. The van der Waals surface area contributed by atoms with E-state index in [0.29, 0.717) is 47.5 Å². The molecule has 0 atom stereocenters. The molecule has 10 heteroatoms. The molecule has 6 nitrogen and oxygen atoms in total. The minimum Gasteiger partial charge on any atom is -0.380 e. The molecule has 0 unspecified atom stereocenters. The molecule has 42 heavy (non-hydrogen) atoms. The summed E-state index contributed by atoms with van der Waals surface area (Å²) in [4.78, 5) is 9.32. The maximum Gasteiger partial charge on any atom is 0.417 e. The van der Waals surface area contributed by atoms with Crippen molar-refractivity contribution in [2.75, 3.05) is 18.6 Å². The first-order valence-corrected chi connectivity index (χ1v) is 14.0. The summed E-state index contributed by atoms with van der Waals surface area (Å²) >= 11 is 0. The number of rotatable bonds is 7. The number of hydrogen-bond donors (Lipinski definition) is 1. The third-order valence-electron chi connectivity index (χ3n) is 8.02. The molecule has 0 saturated carbocycles. The highest BCUT2D eigenvalue weighted by atomic mass is 19.4. The number of halogens is 4. The van der Waals surface area contributed by atoms with E-state index in [4.69, 9.17) is 9.84 Å². The molecule has 4 heterocycles. The van der Waals surface area contributed by atoms with Crippen LogP contribution in [0, 0.1) is 5.82 Å². The van der Waals surface area contributed by atoms with Crippen LogP contribution in [0.2, 0.25) is 0 Å². The molecule has 1 aliphatic heterocycles. The molecule has 218 valence electrons. The van der Waals surface area contributed by atoms with E-state index < -0.39 is 17.6 Å². The van der Waals surface area contributed by atoms with Gasteiger partial charge in [0.15, 0.2) is 0 Å². The van der Waals surface area contributed by atoms with Crippen LogP contribution in [0.15, 0.2) is 54.9 Å². The zero-order valence-corrected chi connectivity index (χ0v) is 23.6. The zero-order chi connectivity index (χ0) is 29.6. The summed E-state index contributed by atoms with van der Waals surface area (Å²) in [6.45, 7) is 5.27. The minimum atomic E-state index is -4.47. The number of H-pyrrole nitrogens is 1. The monoisotopic (exact) mass is 577 g/mol. The SMILES string of the molecule is CCc1cccc(CC)c1-n1nc2c(c1-c1c(F)cc(COC)c3[nH]ccc13)CN(c1ccc(C(F)(F)F)cn1)CC2. The van der Waals surface area contributed by atoms with Crippen LogP contribution in [0.5, 0.6) is 0 Å². The molecule has 0 aliphatic carbocycles. The molecule has 2 aromatic carbocycles. The smallest absolute Gasteiger partial charge is 0.380 e. The second-order valence-corrected chi connectivity index (χ2v) is 10.5. The Morgan fingerprint density at radius 3 is 2.43 bits per heavy atom. The van der Waals surface area contributed by atoms with Gasteiger partial charge in [0.2, 0.25) is 0 Å². The van der Waals surface area contributed by atoms with Crippen molar-refractivity contribution in [2.45, 2.75) is 52.4 Å². The van der Waals surface area contributed by atoms with Crippen LogP contribution in [0.25, 0.3) is 27.8 Å². The Hall–Kier alpha value is -4.18. The summed E-state index contributed by atoms with van der Waals surface area (Å²) in [5.41, 5.74) is 6.56. The predicted octanol–water partition coefficient (Wildman–Crippen LogP) is 7.41. The lowest BCUT2D eigenvalue weighted by Gasteiger charge is -2.28. The van der Waals surface area contributed by atoms with E-state index in [-0.39, 0.29) is 6.61 Å². The number of methoxy groups -OCH3 is 1. The van der Waals surface area contributed by atoms with Crippen LogP contribution in [-0.2, 0) is 43.3 Å². The lowest BCUT2D eigenvalue weighted by atomic mass is 9.95. The van der Waals surface area contributed by atoms with Crippen molar-refractivity contribution in [3.63, 3.8) is 0 Å². The number of anilines is 1. The number of nitrogens with one attached hydrogen (secondary N) is 1. The summed E-state index contributed by atoms with van der Waals surface area (Å²) in [6.07, 6.45) is 0.251. The Balaban J connectivity index is 1.58. The number of pyridine rings is 1. The third-order valence-corrected chi connectivity index (χ3v) is 8.02. The second-order valence-electron chi connectivity index (χ2n) is 10.5.